The van der Waals surface area contributed by atoms with Gasteiger partial charge in [-0.25, -0.2) is 9.78 Å². The average molecular weight is 271 g/mol. The molecule has 0 fully saturated rings. The summed E-state index contributed by atoms with van der Waals surface area (Å²) in [5.41, 5.74) is 3.24. The maximum atomic E-state index is 11.9. The number of hydrogen-bond acceptors (Lipinski definition) is 3. The van der Waals surface area contributed by atoms with Crippen LogP contribution in [0.15, 0.2) is 41.5 Å². The van der Waals surface area contributed by atoms with Crippen molar-refractivity contribution in [3.05, 3.63) is 63.8 Å². The Hall–Kier alpha value is -1.94. The van der Waals surface area contributed by atoms with E-state index >= 15 is 0 Å². The SMILES string of the molecule is CCNC(Cn1cc(C)cnc1=O)c1ccccc1C. The fourth-order valence-electron chi connectivity index (χ4n) is 2.39. The molecule has 106 valence electrons. The fraction of sp³-hybridized carbons (Fsp3) is 0.375. The summed E-state index contributed by atoms with van der Waals surface area (Å²) in [5, 5.41) is 3.45. The molecule has 0 radical (unpaired) electrons. The molecule has 4 heteroatoms. The van der Waals surface area contributed by atoms with Crippen LogP contribution < -0.4 is 11.0 Å². The number of hydrogen-bond donors (Lipinski definition) is 1. The molecule has 2 rings (SSSR count). The van der Waals surface area contributed by atoms with Crippen molar-refractivity contribution in [2.45, 2.75) is 33.4 Å². The minimum Gasteiger partial charge on any atom is -0.309 e. The lowest BCUT2D eigenvalue weighted by Gasteiger charge is -2.21. The van der Waals surface area contributed by atoms with Crippen LogP contribution in [0.25, 0.3) is 0 Å². The molecule has 1 unspecified atom stereocenters. The van der Waals surface area contributed by atoms with Gasteiger partial charge in [0.1, 0.15) is 0 Å². The molecule has 0 aliphatic carbocycles. The zero-order valence-corrected chi connectivity index (χ0v) is 12.3. The first kappa shape index (κ1) is 14.5. The van der Waals surface area contributed by atoms with Gasteiger partial charge in [0.25, 0.3) is 0 Å². The van der Waals surface area contributed by atoms with Crippen LogP contribution >= 0.6 is 0 Å². The van der Waals surface area contributed by atoms with Gasteiger partial charge in [-0.05, 0) is 37.1 Å². The molecule has 2 aromatic rings. The highest BCUT2D eigenvalue weighted by Crippen LogP contribution is 2.18. The van der Waals surface area contributed by atoms with Crippen molar-refractivity contribution in [2.75, 3.05) is 6.54 Å². The quantitative estimate of drug-likeness (QED) is 0.907. The maximum absolute atomic E-state index is 11.9. The predicted molar refractivity (Wildman–Crippen MR) is 80.8 cm³/mol. The summed E-state index contributed by atoms with van der Waals surface area (Å²) in [6.45, 7) is 7.55. The molecule has 1 N–H and O–H groups in total. The van der Waals surface area contributed by atoms with Gasteiger partial charge in [0, 0.05) is 18.9 Å². The second kappa shape index (κ2) is 6.48. The highest BCUT2D eigenvalue weighted by Gasteiger charge is 2.14. The number of likely N-dealkylation sites (N-methyl/N-ethyl adjacent to an activating group) is 1. The zero-order valence-electron chi connectivity index (χ0n) is 12.3. The van der Waals surface area contributed by atoms with E-state index in [-0.39, 0.29) is 11.7 Å². The number of rotatable bonds is 5. The molecule has 0 aliphatic heterocycles. The average Bonchev–Trinajstić information content (AvgIpc) is 2.43. The lowest BCUT2D eigenvalue weighted by molar-refractivity contribution is 0.460. The van der Waals surface area contributed by atoms with Crippen LogP contribution in [0.2, 0.25) is 0 Å². The second-order valence-electron chi connectivity index (χ2n) is 5.03. The third-order valence-electron chi connectivity index (χ3n) is 3.38. The van der Waals surface area contributed by atoms with Crippen LogP contribution in [-0.2, 0) is 6.54 Å². The van der Waals surface area contributed by atoms with Crippen molar-refractivity contribution in [3.63, 3.8) is 0 Å². The maximum Gasteiger partial charge on any atom is 0.347 e. The van der Waals surface area contributed by atoms with Gasteiger partial charge in [0.05, 0.1) is 6.04 Å². The van der Waals surface area contributed by atoms with E-state index in [1.165, 1.54) is 11.1 Å². The van der Waals surface area contributed by atoms with Crippen LogP contribution in [0.5, 0.6) is 0 Å². The summed E-state index contributed by atoms with van der Waals surface area (Å²) < 4.78 is 1.68. The van der Waals surface area contributed by atoms with E-state index in [1.54, 1.807) is 10.8 Å². The Balaban J connectivity index is 2.33. The molecule has 0 aliphatic rings. The molecule has 1 aromatic carbocycles. The van der Waals surface area contributed by atoms with Crippen molar-refractivity contribution < 1.29 is 0 Å². The number of nitrogens with zero attached hydrogens (tertiary/aromatic N) is 2. The highest BCUT2D eigenvalue weighted by atomic mass is 16.1. The van der Waals surface area contributed by atoms with E-state index in [9.17, 15) is 4.79 Å². The first-order valence-corrected chi connectivity index (χ1v) is 6.93. The summed E-state index contributed by atoms with van der Waals surface area (Å²) >= 11 is 0. The standard InChI is InChI=1S/C16H21N3O/c1-4-17-15(14-8-6-5-7-13(14)3)11-19-10-12(2)9-18-16(19)20/h5-10,15,17H,4,11H2,1-3H3. The molecule has 0 amide bonds. The minimum absolute atomic E-state index is 0.113. The van der Waals surface area contributed by atoms with E-state index in [0.717, 1.165) is 12.1 Å². The molecule has 0 saturated carbocycles. The molecule has 0 spiro atoms. The molecular weight excluding hydrogens is 250 g/mol. The summed E-state index contributed by atoms with van der Waals surface area (Å²) in [5.74, 6) is 0. The first-order chi connectivity index (χ1) is 9.61. The van der Waals surface area contributed by atoms with Crippen molar-refractivity contribution in [1.29, 1.82) is 0 Å². The Morgan fingerprint density at radius 2 is 2.05 bits per heavy atom. The van der Waals surface area contributed by atoms with E-state index in [4.69, 9.17) is 0 Å². The highest BCUT2D eigenvalue weighted by molar-refractivity contribution is 5.28. The monoisotopic (exact) mass is 271 g/mol. The van der Waals surface area contributed by atoms with Crippen LogP contribution in [-0.4, -0.2) is 16.1 Å². The Morgan fingerprint density at radius 3 is 2.75 bits per heavy atom. The van der Waals surface area contributed by atoms with Gasteiger partial charge in [0.15, 0.2) is 0 Å². The summed E-state index contributed by atoms with van der Waals surface area (Å²) in [6.07, 6.45) is 3.47. The summed E-state index contributed by atoms with van der Waals surface area (Å²) in [7, 11) is 0. The molecule has 1 heterocycles. The van der Waals surface area contributed by atoms with Gasteiger partial charge in [-0.2, -0.15) is 0 Å². The predicted octanol–water partition coefficient (Wildman–Crippen LogP) is 2.21. The Morgan fingerprint density at radius 1 is 1.30 bits per heavy atom. The number of benzene rings is 1. The van der Waals surface area contributed by atoms with Crippen LogP contribution in [0.4, 0.5) is 0 Å². The molecular formula is C16H21N3O. The van der Waals surface area contributed by atoms with Crippen molar-refractivity contribution in [2.24, 2.45) is 0 Å². The molecule has 20 heavy (non-hydrogen) atoms. The lowest BCUT2D eigenvalue weighted by Crippen LogP contribution is -2.31. The molecule has 0 saturated heterocycles. The third-order valence-corrected chi connectivity index (χ3v) is 3.38. The number of aryl methyl sites for hydroxylation is 2. The van der Waals surface area contributed by atoms with Crippen molar-refractivity contribution in [3.8, 4) is 0 Å². The van der Waals surface area contributed by atoms with E-state index in [1.807, 2.05) is 25.3 Å². The number of nitrogens with one attached hydrogen (secondary N) is 1. The van der Waals surface area contributed by atoms with Gasteiger partial charge in [-0.15, -0.1) is 0 Å². The first-order valence-electron chi connectivity index (χ1n) is 6.93. The molecule has 1 atom stereocenters. The van der Waals surface area contributed by atoms with Gasteiger partial charge in [-0.1, -0.05) is 31.2 Å². The Bertz CT molecular complexity index is 634. The van der Waals surface area contributed by atoms with Gasteiger partial charge in [0.2, 0.25) is 0 Å². The second-order valence-corrected chi connectivity index (χ2v) is 5.03. The lowest BCUT2D eigenvalue weighted by atomic mass is 10.0. The zero-order chi connectivity index (χ0) is 14.5. The number of aromatic nitrogens is 2. The fourth-order valence-corrected chi connectivity index (χ4v) is 2.39. The van der Waals surface area contributed by atoms with E-state index < -0.39 is 0 Å². The minimum atomic E-state index is -0.202. The third kappa shape index (κ3) is 3.33. The van der Waals surface area contributed by atoms with Gasteiger partial charge < -0.3 is 5.32 Å². The topological polar surface area (TPSA) is 46.9 Å². The summed E-state index contributed by atoms with van der Waals surface area (Å²) in [6, 6.07) is 8.38. The molecule has 1 aromatic heterocycles. The van der Waals surface area contributed by atoms with E-state index in [0.29, 0.717) is 6.54 Å². The summed E-state index contributed by atoms with van der Waals surface area (Å²) in [4.78, 5) is 15.7. The van der Waals surface area contributed by atoms with Gasteiger partial charge in [-0.3, -0.25) is 4.57 Å². The van der Waals surface area contributed by atoms with Crippen molar-refractivity contribution >= 4 is 0 Å². The van der Waals surface area contributed by atoms with E-state index in [2.05, 4.69) is 36.3 Å². The Kier molecular flexibility index (Phi) is 4.69. The smallest absolute Gasteiger partial charge is 0.309 e. The normalized spacial score (nSPS) is 12.3. The van der Waals surface area contributed by atoms with Crippen LogP contribution in [0, 0.1) is 13.8 Å². The molecule has 0 bridgehead atoms. The van der Waals surface area contributed by atoms with Crippen LogP contribution in [0.3, 0.4) is 0 Å². The van der Waals surface area contributed by atoms with Crippen LogP contribution in [0.1, 0.15) is 29.7 Å². The van der Waals surface area contributed by atoms with Crippen molar-refractivity contribution in [1.82, 2.24) is 14.9 Å². The molecule has 4 nitrogen and oxygen atoms in total. The Labute approximate surface area is 119 Å². The largest absolute Gasteiger partial charge is 0.347 e. The van der Waals surface area contributed by atoms with Gasteiger partial charge >= 0.3 is 5.69 Å².